The van der Waals surface area contributed by atoms with Crippen molar-refractivity contribution >= 4 is 21.8 Å². The monoisotopic (exact) mass is 486 g/mol. The van der Waals surface area contributed by atoms with E-state index >= 15 is 0 Å². The highest BCUT2D eigenvalue weighted by atomic mass is 32.2. The van der Waals surface area contributed by atoms with E-state index in [9.17, 15) is 23.3 Å². The lowest BCUT2D eigenvalue weighted by atomic mass is 10.1. The molecule has 3 aliphatic heterocycles. The molecule has 3 heterocycles. The van der Waals surface area contributed by atoms with Gasteiger partial charge in [0.1, 0.15) is 6.04 Å². The number of amides is 2. The van der Waals surface area contributed by atoms with Crippen LogP contribution in [0.2, 0.25) is 0 Å². The first-order chi connectivity index (χ1) is 16.2. The predicted molar refractivity (Wildman–Crippen MR) is 122 cm³/mol. The number of nitriles is 1. The highest BCUT2D eigenvalue weighted by Gasteiger charge is 2.56. The molecular weight excluding hydrogens is 456 g/mol. The van der Waals surface area contributed by atoms with E-state index in [0.29, 0.717) is 18.9 Å². The van der Waals surface area contributed by atoms with Crippen LogP contribution >= 0.6 is 0 Å². The van der Waals surface area contributed by atoms with E-state index in [4.69, 9.17) is 5.73 Å². The van der Waals surface area contributed by atoms with Gasteiger partial charge in [-0.3, -0.25) is 14.5 Å². The smallest absolute Gasteiger partial charge is 0.242 e. The van der Waals surface area contributed by atoms with Crippen LogP contribution in [-0.4, -0.2) is 85.3 Å². The molecule has 1 aromatic rings. The second kappa shape index (κ2) is 8.30. The summed E-state index contributed by atoms with van der Waals surface area (Å²) in [6, 6.07) is 7.23. The van der Waals surface area contributed by atoms with Gasteiger partial charge in [0.2, 0.25) is 21.8 Å². The first-order valence-electron chi connectivity index (χ1n) is 11.7. The number of carbonyl (C=O) groups excluding carboxylic acids is 2. The van der Waals surface area contributed by atoms with E-state index in [1.165, 1.54) is 13.1 Å². The Balaban J connectivity index is 1.25. The second-order valence-electron chi connectivity index (χ2n) is 9.86. The normalized spacial score (nSPS) is 31.9. The van der Waals surface area contributed by atoms with Crippen molar-refractivity contribution in [2.24, 2.45) is 11.7 Å². The van der Waals surface area contributed by atoms with Gasteiger partial charge in [-0.05, 0) is 56.8 Å². The summed E-state index contributed by atoms with van der Waals surface area (Å²) in [6.07, 6.45) is 2.34. The van der Waals surface area contributed by atoms with Crippen LogP contribution in [0.15, 0.2) is 29.2 Å². The number of piperidine rings is 1. The maximum absolute atomic E-state index is 13.3. The summed E-state index contributed by atoms with van der Waals surface area (Å²) in [7, 11) is -2.21. The van der Waals surface area contributed by atoms with Gasteiger partial charge in [-0.15, -0.1) is 0 Å². The Bertz CT molecular complexity index is 1170. The third-order valence-electron chi connectivity index (χ3n) is 7.91. The van der Waals surface area contributed by atoms with E-state index in [1.807, 2.05) is 22.8 Å². The number of nitrogens with two attached hydrogens (primary N) is 1. The molecule has 34 heavy (non-hydrogen) atoms. The number of rotatable bonds is 7. The number of hydrogen-bond donors (Lipinski definition) is 2. The number of piperazine rings is 1. The first kappa shape index (κ1) is 23.2. The van der Waals surface area contributed by atoms with E-state index in [1.54, 1.807) is 17.0 Å². The maximum Gasteiger partial charge on any atom is 0.242 e. The average Bonchev–Trinajstić information content (AvgIpc) is 3.15. The van der Waals surface area contributed by atoms with Crippen LogP contribution in [0.3, 0.4) is 0 Å². The molecule has 0 radical (unpaired) electrons. The molecule has 1 aliphatic carbocycles. The lowest BCUT2D eigenvalue weighted by Gasteiger charge is -2.38. The molecule has 4 fully saturated rings. The van der Waals surface area contributed by atoms with Crippen molar-refractivity contribution in [3.05, 3.63) is 29.8 Å². The Morgan fingerprint density at radius 1 is 1.32 bits per heavy atom. The molecule has 10 nitrogen and oxygen atoms in total. The second-order valence-corrected chi connectivity index (χ2v) is 11.7. The third kappa shape index (κ3) is 3.69. The van der Waals surface area contributed by atoms with Crippen LogP contribution in [0.4, 0.5) is 0 Å². The van der Waals surface area contributed by atoms with Crippen molar-refractivity contribution in [1.29, 1.82) is 5.26 Å². The van der Waals surface area contributed by atoms with E-state index < -0.39 is 22.1 Å². The summed E-state index contributed by atoms with van der Waals surface area (Å²) in [6.45, 7) is 2.81. The zero-order valence-electron chi connectivity index (χ0n) is 19.3. The van der Waals surface area contributed by atoms with Gasteiger partial charge in [-0.25, -0.2) is 13.1 Å². The first-order valence-corrected chi connectivity index (χ1v) is 13.2. The SMILES string of the molecule is CNS(=O)(=O)c1cccc([C@@H](C)N2C(=O)[C@@H]3C[C@H]2CN3C[C@H](N)C(=O)N2C3C[C@H]3C[C@H]2C#N)c1. The molecule has 1 unspecified atom stereocenters. The number of benzene rings is 1. The molecule has 0 aromatic heterocycles. The molecule has 3 saturated heterocycles. The number of carbonyl (C=O) groups is 2. The van der Waals surface area contributed by atoms with Crippen LogP contribution in [0.1, 0.15) is 37.8 Å². The Labute approximate surface area is 199 Å². The average molecular weight is 487 g/mol. The number of fused-ring (bicyclic) bond motifs is 3. The van der Waals surface area contributed by atoms with E-state index in [2.05, 4.69) is 10.8 Å². The molecule has 0 spiro atoms. The van der Waals surface area contributed by atoms with Crippen molar-refractivity contribution in [3.8, 4) is 6.07 Å². The minimum Gasteiger partial charge on any atom is -0.330 e. The van der Waals surface area contributed by atoms with Gasteiger partial charge in [-0.2, -0.15) is 5.26 Å². The third-order valence-corrected chi connectivity index (χ3v) is 9.32. The topological polar surface area (TPSA) is 140 Å². The lowest BCUT2D eigenvalue weighted by Crippen LogP contribution is -2.57. The number of hydrogen-bond acceptors (Lipinski definition) is 7. The summed E-state index contributed by atoms with van der Waals surface area (Å²) < 4.78 is 26.7. The summed E-state index contributed by atoms with van der Waals surface area (Å²) in [4.78, 5) is 31.9. The van der Waals surface area contributed by atoms with Crippen LogP contribution in [-0.2, 0) is 19.6 Å². The van der Waals surface area contributed by atoms with Gasteiger partial charge in [0.25, 0.3) is 0 Å². The Kier molecular flexibility index (Phi) is 5.67. The quantitative estimate of drug-likeness (QED) is 0.543. The molecule has 11 heteroatoms. The number of sulfonamides is 1. The number of nitrogens with zero attached hydrogens (tertiary/aromatic N) is 4. The molecule has 7 atom stereocenters. The highest BCUT2D eigenvalue weighted by Crippen LogP contribution is 2.48. The molecule has 2 bridgehead atoms. The van der Waals surface area contributed by atoms with Crippen molar-refractivity contribution in [2.75, 3.05) is 20.1 Å². The summed E-state index contributed by atoms with van der Waals surface area (Å²) in [5, 5.41) is 9.38. The molecule has 3 N–H and O–H groups in total. The lowest BCUT2D eigenvalue weighted by molar-refractivity contribution is -0.141. The molecular formula is C23H30N6O4S. The largest absolute Gasteiger partial charge is 0.330 e. The fourth-order valence-corrected chi connectivity index (χ4v) is 6.81. The summed E-state index contributed by atoms with van der Waals surface area (Å²) in [5.41, 5.74) is 7.03. The molecule has 1 saturated carbocycles. The molecule has 4 aliphatic rings. The van der Waals surface area contributed by atoms with Crippen LogP contribution in [0.5, 0.6) is 0 Å². The Morgan fingerprint density at radius 2 is 2.09 bits per heavy atom. The van der Waals surface area contributed by atoms with Gasteiger partial charge in [0, 0.05) is 25.2 Å². The Morgan fingerprint density at radius 3 is 2.76 bits per heavy atom. The predicted octanol–water partition coefficient (Wildman–Crippen LogP) is -0.219. The van der Waals surface area contributed by atoms with E-state index in [0.717, 1.165) is 18.4 Å². The maximum atomic E-state index is 13.3. The number of likely N-dealkylation sites (tertiary alicyclic amines) is 3. The standard InChI is InChI=1S/C23H30N6O4S/c1-13(14-4-3-5-18(7-14)34(32,33)26-2)28-17-9-21(23(28)31)27(11-17)12-19(25)22(30)29-16(10-24)6-15-8-20(15)29/h3-5,7,13,15-17,19-21,26H,6,8-9,11-12,25H2,1-2H3/t13-,15-,16+,17+,19+,20?,21+/m1/s1. The van der Waals surface area contributed by atoms with E-state index in [-0.39, 0.29) is 47.4 Å². The minimum atomic E-state index is -3.58. The molecule has 1 aromatic carbocycles. The minimum absolute atomic E-state index is 0.0224. The van der Waals surface area contributed by atoms with Crippen molar-refractivity contribution in [1.82, 2.24) is 19.4 Å². The van der Waals surface area contributed by atoms with Gasteiger partial charge in [0.05, 0.1) is 29.1 Å². The summed E-state index contributed by atoms with van der Waals surface area (Å²) >= 11 is 0. The van der Waals surface area contributed by atoms with Crippen molar-refractivity contribution in [3.63, 3.8) is 0 Å². The van der Waals surface area contributed by atoms with Crippen molar-refractivity contribution < 1.29 is 18.0 Å². The zero-order valence-corrected chi connectivity index (χ0v) is 20.1. The zero-order chi connectivity index (χ0) is 24.4. The van der Waals surface area contributed by atoms with Crippen LogP contribution in [0.25, 0.3) is 0 Å². The molecule has 5 rings (SSSR count). The van der Waals surface area contributed by atoms with Crippen LogP contribution < -0.4 is 10.5 Å². The van der Waals surface area contributed by atoms with Gasteiger partial charge in [-0.1, -0.05) is 12.1 Å². The van der Waals surface area contributed by atoms with Crippen LogP contribution in [0, 0.1) is 17.2 Å². The highest BCUT2D eigenvalue weighted by molar-refractivity contribution is 7.89. The van der Waals surface area contributed by atoms with Gasteiger partial charge in [0.15, 0.2) is 0 Å². The molecule has 2 amide bonds. The fourth-order valence-electron chi connectivity index (χ4n) is 6.03. The summed E-state index contributed by atoms with van der Waals surface area (Å²) in [5.74, 6) is 0.213. The molecule has 182 valence electrons. The van der Waals surface area contributed by atoms with Gasteiger partial charge < -0.3 is 15.5 Å². The van der Waals surface area contributed by atoms with Crippen molar-refractivity contribution in [2.45, 2.75) is 67.3 Å². The van der Waals surface area contributed by atoms with Gasteiger partial charge >= 0.3 is 0 Å². The number of nitrogens with one attached hydrogen (secondary N) is 1. The fraction of sp³-hybridized carbons (Fsp3) is 0.609. The Hall–Kier alpha value is -2.52.